The summed E-state index contributed by atoms with van der Waals surface area (Å²) >= 11 is -1.61. The third-order valence-electron chi connectivity index (χ3n) is 9.78. The zero-order chi connectivity index (χ0) is 29.5. The van der Waals surface area contributed by atoms with E-state index in [9.17, 15) is 0 Å². The van der Waals surface area contributed by atoms with E-state index in [4.69, 9.17) is 0 Å². The fourth-order valence-corrected chi connectivity index (χ4v) is 13.6. The Bertz CT molecular complexity index is 2650. The molecule has 205 valence electrons. The van der Waals surface area contributed by atoms with Gasteiger partial charge in [-0.25, -0.2) is 0 Å². The molecule has 0 nitrogen and oxygen atoms in total. The molecule has 0 aliphatic heterocycles. The molecule has 0 spiro atoms. The van der Waals surface area contributed by atoms with Crippen molar-refractivity contribution in [3.05, 3.63) is 158 Å². The van der Waals surface area contributed by atoms with Crippen molar-refractivity contribution in [3.63, 3.8) is 0 Å². The molecule has 10 rings (SSSR count). The summed E-state index contributed by atoms with van der Waals surface area (Å²) in [5.41, 5.74) is 0. The molecular formula is C44H26Tl. The van der Waals surface area contributed by atoms with Gasteiger partial charge in [0.25, 0.3) is 0 Å². The van der Waals surface area contributed by atoms with Gasteiger partial charge in [-0.3, -0.25) is 0 Å². The molecule has 0 heterocycles. The van der Waals surface area contributed by atoms with Gasteiger partial charge in [0.15, 0.2) is 0 Å². The minimum atomic E-state index is -1.61. The molecule has 0 unspecified atom stereocenters. The first-order chi connectivity index (χ1) is 22.2. The second-order valence-corrected chi connectivity index (χ2v) is 18.4. The summed E-state index contributed by atoms with van der Waals surface area (Å²) < 4.78 is 3.15. The Balaban J connectivity index is 1.18. The molecule has 0 aliphatic rings. The van der Waals surface area contributed by atoms with Crippen LogP contribution in [0.25, 0.3) is 86.2 Å². The predicted molar refractivity (Wildman–Crippen MR) is 198 cm³/mol. The second kappa shape index (κ2) is 9.85. The Morgan fingerprint density at radius 2 is 0.533 bits per heavy atom. The van der Waals surface area contributed by atoms with E-state index in [1.165, 1.54) is 86.2 Å². The molecule has 0 atom stereocenters. The van der Waals surface area contributed by atoms with Crippen LogP contribution in [0.5, 0.6) is 0 Å². The summed E-state index contributed by atoms with van der Waals surface area (Å²) in [6.07, 6.45) is 0. The van der Waals surface area contributed by atoms with Crippen LogP contribution in [-0.4, -0.2) is 24.2 Å². The van der Waals surface area contributed by atoms with Crippen LogP contribution in [0, 0.1) is 0 Å². The van der Waals surface area contributed by atoms with E-state index in [1.54, 1.807) is 6.25 Å². The molecule has 0 saturated carbocycles. The van der Waals surface area contributed by atoms with Crippen LogP contribution in [0.1, 0.15) is 0 Å². The molecule has 0 amide bonds. The average Bonchev–Trinajstić information content (AvgIpc) is 3.08. The van der Waals surface area contributed by atoms with Gasteiger partial charge in [-0.05, 0) is 0 Å². The van der Waals surface area contributed by atoms with Crippen molar-refractivity contribution < 1.29 is 0 Å². The van der Waals surface area contributed by atoms with Crippen molar-refractivity contribution >= 4 is 117 Å². The van der Waals surface area contributed by atoms with Gasteiger partial charge < -0.3 is 0 Å². The van der Waals surface area contributed by atoms with Crippen LogP contribution < -0.4 is 6.25 Å². The van der Waals surface area contributed by atoms with Crippen LogP contribution >= 0.6 is 0 Å². The molecule has 0 radical (unpaired) electrons. The van der Waals surface area contributed by atoms with Crippen LogP contribution in [0.15, 0.2) is 158 Å². The first-order valence-electron chi connectivity index (χ1n) is 15.7. The van der Waals surface area contributed by atoms with Gasteiger partial charge in [0, 0.05) is 0 Å². The fraction of sp³-hybridized carbons (Fsp3) is 0. The SMILES string of the molecule is c1ccc2cc3c(ccc4cc5ccc[c]([Tl][c]6cccc7cc8ccc9cc%10ccccc%10cc9c8cc67)c5cc43)cc2c1. The Morgan fingerprint density at radius 3 is 0.956 bits per heavy atom. The average molecular weight is 759 g/mol. The van der Waals surface area contributed by atoms with Gasteiger partial charge in [0.1, 0.15) is 0 Å². The minimum absolute atomic E-state index is 1.30. The van der Waals surface area contributed by atoms with E-state index in [0.29, 0.717) is 0 Å². The first-order valence-corrected chi connectivity index (χ1v) is 20.1. The summed E-state index contributed by atoms with van der Waals surface area (Å²) in [4.78, 5) is 0. The summed E-state index contributed by atoms with van der Waals surface area (Å²) in [7, 11) is 0. The number of rotatable bonds is 2. The van der Waals surface area contributed by atoms with E-state index in [1.807, 2.05) is 0 Å². The van der Waals surface area contributed by atoms with Crippen LogP contribution in [0.2, 0.25) is 0 Å². The zero-order valence-electron chi connectivity index (χ0n) is 24.6. The fourth-order valence-electron chi connectivity index (χ4n) is 7.51. The summed E-state index contributed by atoms with van der Waals surface area (Å²) in [5.74, 6) is 0. The molecule has 0 N–H and O–H groups in total. The zero-order valence-corrected chi connectivity index (χ0v) is 29.1. The van der Waals surface area contributed by atoms with Crippen molar-refractivity contribution in [2.75, 3.05) is 0 Å². The van der Waals surface area contributed by atoms with E-state index in [-0.39, 0.29) is 0 Å². The van der Waals surface area contributed by atoms with Crippen LogP contribution in [0.3, 0.4) is 0 Å². The standard InChI is InChI=1S/2C22H13.Tl/c2*1-3-7-17-13-21-19(11-15(17)5-1)9-10-20-12-16-6-2-4-8-18(16)14-22(20)21;/h2*1-7,9-14H;. The number of hydrogen-bond donors (Lipinski definition) is 0. The maximum absolute atomic E-state index is 2.49. The molecule has 0 fully saturated rings. The van der Waals surface area contributed by atoms with Crippen molar-refractivity contribution in [2.45, 2.75) is 0 Å². The monoisotopic (exact) mass is 759 g/mol. The molecular weight excluding hydrogens is 733 g/mol. The van der Waals surface area contributed by atoms with Gasteiger partial charge in [-0.1, -0.05) is 0 Å². The van der Waals surface area contributed by atoms with Crippen molar-refractivity contribution in [2.24, 2.45) is 0 Å². The molecule has 45 heavy (non-hydrogen) atoms. The summed E-state index contributed by atoms with van der Waals surface area (Å²) in [5, 5.41) is 21.4. The molecule has 10 aromatic carbocycles. The molecule has 1 heteroatoms. The quantitative estimate of drug-likeness (QED) is 0.0936. The van der Waals surface area contributed by atoms with Crippen molar-refractivity contribution in [1.82, 2.24) is 0 Å². The predicted octanol–water partition coefficient (Wildman–Crippen LogP) is 10.6. The molecule has 0 aliphatic carbocycles. The number of benzene rings is 10. The van der Waals surface area contributed by atoms with Gasteiger partial charge in [0.2, 0.25) is 0 Å². The summed E-state index contributed by atoms with van der Waals surface area (Å²) in [6, 6.07) is 59.8. The van der Waals surface area contributed by atoms with E-state index >= 15 is 0 Å². The molecule has 10 aromatic rings. The van der Waals surface area contributed by atoms with Crippen molar-refractivity contribution in [3.8, 4) is 0 Å². The van der Waals surface area contributed by atoms with Gasteiger partial charge in [0.05, 0.1) is 0 Å². The molecule has 0 bridgehead atoms. The Morgan fingerprint density at radius 1 is 0.222 bits per heavy atom. The van der Waals surface area contributed by atoms with E-state index in [2.05, 4.69) is 158 Å². The van der Waals surface area contributed by atoms with Gasteiger partial charge in [-0.15, -0.1) is 0 Å². The first kappa shape index (κ1) is 25.5. The van der Waals surface area contributed by atoms with E-state index < -0.39 is 24.2 Å². The Kier molecular flexibility index (Phi) is 5.59. The van der Waals surface area contributed by atoms with Crippen LogP contribution in [0.4, 0.5) is 0 Å². The van der Waals surface area contributed by atoms with Gasteiger partial charge in [-0.2, -0.15) is 0 Å². The summed E-state index contributed by atoms with van der Waals surface area (Å²) in [6.45, 7) is 0. The second-order valence-electron chi connectivity index (χ2n) is 12.4. The number of fused-ring (bicyclic) bond motifs is 10. The Hall–Kier alpha value is -4.80. The molecule has 0 saturated heterocycles. The molecule has 0 aromatic heterocycles. The van der Waals surface area contributed by atoms with Crippen LogP contribution in [-0.2, 0) is 0 Å². The topological polar surface area (TPSA) is 0 Å². The Labute approximate surface area is 272 Å². The number of hydrogen-bond acceptors (Lipinski definition) is 0. The normalized spacial score (nSPS) is 11.9. The van der Waals surface area contributed by atoms with Crippen molar-refractivity contribution in [1.29, 1.82) is 0 Å². The third kappa shape index (κ3) is 4.09. The van der Waals surface area contributed by atoms with E-state index in [0.717, 1.165) is 0 Å². The third-order valence-corrected chi connectivity index (χ3v) is 16.1. The maximum atomic E-state index is 2.49. The van der Waals surface area contributed by atoms with Gasteiger partial charge >= 0.3 is 274 Å².